The summed E-state index contributed by atoms with van der Waals surface area (Å²) >= 11 is 0. The molecule has 0 amide bonds. The highest BCUT2D eigenvalue weighted by Gasteiger charge is 2.31. The average molecular weight is 264 g/mol. The number of aliphatic hydroxyl groups is 1. The van der Waals surface area contributed by atoms with Gasteiger partial charge in [0.05, 0.1) is 0 Å². The molecular weight excluding hydrogens is 240 g/mol. The van der Waals surface area contributed by atoms with E-state index in [1.54, 1.807) is 21.1 Å². The fraction of sp³-hybridized carbons (Fsp3) is 1.00. The van der Waals surface area contributed by atoms with Gasteiger partial charge in [-0.3, -0.25) is 0 Å². The van der Waals surface area contributed by atoms with E-state index in [1.165, 1.54) is 8.61 Å². The van der Waals surface area contributed by atoms with E-state index in [9.17, 15) is 8.42 Å². The van der Waals surface area contributed by atoms with Crippen molar-refractivity contribution in [2.75, 3.05) is 27.7 Å². The standard InChI is InChI=1S/C11H24N2O3S/c1-12(2)17(15,16)13(3)11-6-4-10(5-7-11)8-9-14/h10-11,14H,4-9H2,1-3H3. The van der Waals surface area contributed by atoms with Gasteiger partial charge in [-0.25, -0.2) is 0 Å². The van der Waals surface area contributed by atoms with Crippen LogP contribution >= 0.6 is 0 Å². The van der Waals surface area contributed by atoms with E-state index >= 15 is 0 Å². The molecule has 17 heavy (non-hydrogen) atoms. The average Bonchev–Trinajstić information content (AvgIpc) is 2.29. The fourth-order valence-electron chi connectivity index (χ4n) is 2.43. The Balaban J connectivity index is 2.54. The summed E-state index contributed by atoms with van der Waals surface area (Å²) in [6, 6.07) is 0.109. The van der Waals surface area contributed by atoms with Crippen LogP contribution in [-0.2, 0) is 10.2 Å². The van der Waals surface area contributed by atoms with Gasteiger partial charge < -0.3 is 5.11 Å². The minimum atomic E-state index is -3.29. The first-order chi connectivity index (χ1) is 7.89. The van der Waals surface area contributed by atoms with Crippen LogP contribution in [0.25, 0.3) is 0 Å². The van der Waals surface area contributed by atoms with E-state index in [-0.39, 0.29) is 12.6 Å². The quantitative estimate of drug-likeness (QED) is 0.794. The molecule has 1 aliphatic carbocycles. The third-order valence-electron chi connectivity index (χ3n) is 3.69. The van der Waals surface area contributed by atoms with Crippen molar-refractivity contribution in [2.24, 2.45) is 5.92 Å². The zero-order valence-electron chi connectivity index (χ0n) is 11.0. The molecule has 0 aromatic heterocycles. The number of hydrogen-bond donors (Lipinski definition) is 1. The van der Waals surface area contributed by atoms with Gasteiger partial charge in [-0.1, -0.05) is 0 Å². The van der Waals surface area contributed by atoms with E-state index in [1.807, 2.05) is 0 Å². The first kappa shape index (κ1) is 14.9. The van der Waals surface area contributed by atoms with Gasteiger partial charge in [0.1, 0.15) is 0 Å². The summed E-state index contributed by atoms with van der Waals surface area (Å²) in [5.74, 6) is 0.562. The topological polar surface area (TPSA) is 60.9 Å². The molecule has 6 heteroatoms. The fourth-order valence-corrected chi connectivity index (χ4v) is 3.53. The van der Waals surface area contributed by atoms with Crippen molar-refractivity contribution in [3.63, 3.8) is 0 Å². The predicted molar refractivity (Wildman–Crippen MR) is 67.8 cm³/mol. The molecule has 5 nitrogen and oxygen atoms in total. The van der Waals surface area contributed by atoms with Crippen molar-refractivity contribution in [1.82, 2.24) is 8.61 Å². The molecule has 0 atom stereocenters. The predicted octanol–water partition coefficient (Wildman–Crippen LogP) is 0.666. The molecule has 0 heterocycles. The Kier molecular flexibility index (Phi) is 5.37. The number of aliphatic hydroxyl groups excluding tert-OH is 1. The van der Waals surface area contributed by atoms with E-state index in [2.05, 4.69) is 0 Å². The number of rotatable bonds is 5. The third kappa shape index (κ3) is 3.64. The maximum Gasteiger partial charge on any atom is 0.281 e. The molecular formula is C11H24N2O3S. The summed E-state index contributed by atoms with van der Waals surface area (Å²) in [4.78, 5) is 0. The largest absolute Gasteiger partial charge is 0.396 e. The van der Waals surface area contributed by atoms with E-state index in [0.29, 0.717) is 5.92 Å². The second kappa shape index (κ2) is 6.13. The Morgan fingerprint density at radius 2 is 1.65 bits per heavy atom. The molecule has 1 fully saturated rings. The minimum Gasteiger partial charge on any atom is -0.396 e. The molecule has 1 rings (SSSR count). The second-order valence-corrected chi connectivity index (χ2v) is 7.20. The van der Waals surface area contributed by atoms with E-state index in [0.717, 1.165) is 32.1 Å². The first-order valence-corrected chi connectivity index (χ1v) is 7.55. The summed E-state index contributed by atoms with van der Waals surface area (Å²) < 4.78 is 26.6. The maximum atomic E-state index is 11.9. The van der Waals surface area contributed by atoms with Crippen molar-refractivity contribution in [3.05, 3.63) is 0 Å². The van der Waals surface area contributed by atoms with Crippen molar-refractivity contribution >= 4 is 10.2 Å². The van der Waals surface area contributed by atoms with Gasteiger partial charge in [-0.2, -0.15) is 17.0 Å². The van der Waals surface area contributed by atoms with Gasteiger partial charge in [0, 0.05) is 33.8 Å². The minimum absolute atomic E-state index is 0.109. The highest BCUT2D eigenvalue weighted by Crippen LogP contribution is 2.30. The Morgan fingerprint density at radius 1 is 1.12 bits per heavy atom. The SMILES string of the molecule is CN(C)S(=O)(=O)N(C)C1CCC(CCO)CC1. The number of nitrogens with zero attached hydrogens (tertiary/aromatic N) is 2. The summed E-state index contributed by atoms with van der Waals surface area (Å²) in [6.07, 6.45) is 4.66. The zero-order valence-corrected chi connectivity index (χ0v) is 11.8. The van der Waals surface area contributed by atoms with Gasteiger partial charge in [-0.15, -0.1) is 0 Å². The Morgan fingerprint density at radius 3 is 2.06 bits per heavy atom. The summed E-state index contributed by atoms with van der Waals surface area (Å²) in [7, 11) is 1.49. The van der Waals surface area contributed by atoms with Crippen molar-refractivity contribution in [2.45, 2.75) is 38.1 Å². The van der Waals surface area contributed by atoms with Crippen LogP contribution in [-0.4, -0.2) is 55.9 Å². The van der Waals surface area contributed by atoms with Crippen LogP contribution in [0.4, 0.5) is 0 Å². The molecule has 0 radical (unpaired) electrons. The molecule has 1 saturated carbocycles. The zero-order chi connectivity index (χ0) is 13.1. The van der Waals surface area contributed by atoms with Gasteiger partial charge in [0.15, 0.2) is 0 Å². The molecule has 102 valence electrons. The number of hydrogen-bond acceptors (Lipinski definition) is 3. The lowest BCUT2D eigenvalue weighted by atomic mass is 9.84. The first-order valence-electron chi connectivity index (χ1n) is 6.16. The lowest BCUT2D eigenvalue weighted by Crippen LogP contribution is -2.45. The maximum absolute atomic E-state index is 11.9. The summed E-state index contributed by atoms with van der Waals surface area (Å²) in [6.45, 7) is 0.237. The summed E-state index contributed by atoms with van der Waals surface area (Å²) in [5, 5.41) is 8.88. The van der Waals surface area contributed by atoms with Gasteiger partial charge in [-0.05, 0) is 38.0 Å². The van der Waals surface area contributed by atoms with Crippen molar-refractivity contribution in [3.8, 4) is 0 Å². The van der Waals surface area contributed by atoms with Crippen molar-refractivity contribution < 1.29 is 13.5 Å². The van der Waals surface area contributed by atoms with Crippen LogP contribution in [0.5, 0.6) is 0 Å². The molecule has 0 spiro atoms. The molecule has 0 saturated heterocycles. The van der Waals surface area contributed by atoms with Crippen molar-refractivity contribution in [1.29, 1.82) is 0 Å². The highest BCUT2D eigenvalue weighted by atomic mass is 32.2. The van der Waals surface area contributed by atoms with Crippen LogP contribution in [0.15, 0.2) is 0 Å². The second-order valence-electron chi connectivity index (χ2n) is 4.99. The van der Waals surface area contributed by atoms with Gasteiger partial charge >= 0.3 is 0 Å². The molecule has 0 aliphatic heterocycles. The Labute approximate surface area is 105 Å². The van der Waals surface area contributed by atoms with E-state index < -0.39 is 10.2 Å². The smallest absolute Gasteiger partial charge is 0.281 e. The van der Waals surface area contributed by atoms with Crippen LogP contribution in [0.1, 0.15) is 32.1 Å². The van der Waals surface area contributed by atoms with Crippen LogP contribution in [0.2, 0.25) is 0 Å². The highest BCUT2D eigenvalue weighted by molar-refractivity contribution is 7.86. The molecule has 1 aliphatic rings. The van der Waals surface area contributed by atoms with Gasteiger partial charge in [0.2, 0.25) is 0 Å². The molecule has 0 bridgehead atoms. The monoisotopic (exact) mass is 264 g/mol. The van der Waals surface area contributed by atoms with Crippen LogP contribution in [0, 0.1) is 5.92 Å². The van der Waals surface area contributed by atoms with Crippen LogP contribution in [0.3, 0.4) is 0 Å². The van der Waals surface area contributed by atoms with Crippen LogP contribution < -0.4 is 0 Å². The lowest BCUT2D eigenvalue weighted by molar-refractivity contribution is 0.190. The van der Waals surface area contributed by atoms with E-state index in [4.69, 9.17) is 5.11 Å². The molecule has 1 N–H and O–H groups in total. The lowest BCUT2D eigenvalue weighted by Gasteiger charge is -2.35. The third-order valence-corrected chi connectivity index (χ3v) is 5.64. The summed E-state index contributed by atoms with van der Waals surface area (Å²) in [5.41, 5.74) is 0. The molecule has 0 aromatic carbocycles. The molecule has 0 aromatic rings. The van der Waals surface area contributed by atoms with Gasteiger partial charge in [0.25, 0.3) is 10.2 Å². The molecule has 0 unspecified atom stereocenters. The Hall–Kier alpha value is -0.170. The Bertz CT molecular complexity index is 322. The normalized spacial score (nSPS) is 26.7.